The fraction of sp³-hybridized carbons (Fsp3) is 0.0588. The summed E-state index contributed by atoms with van der Waals surface area (Å²) in [5, 5.41) is 7.51. The van der Waals surface area contributed by atoms with Crippen LogP contribution >= 0.6 is 11.6 Å². The summed E-state index contributed by atoms with van der Waals surface area (Å²) in [6.45, 7) is 0.522. The Morgan fingerprint density at radius 1 is 1.00 bits per heavy atom. The molecule has 0 radical (unpaired) electrons. The molecule has 0 aliphatic heterocycles. The zero-order valence-electron chi connectivity index (χ0n) is 11.7. The van der Waals surface area contributed by atoms with Crippen molar-refractivity contribution >= 4 is 17.3 Å². The average Bonchev–Trinajstić information content (AvgIpc) is 2.56. The van der Waals surface area contributed by atoms with E-state index in [9.17, 15) is 4.79 Å². The normalized spacial score (nSPS) is 10.4. The predicted octanol–water partition coefficient (Wildman–Crippen LogP) is 3.50. The summed E-state index contributed by atoms with van der Waals surface area (Å²) in [6, 6.07) is 19.1. The van der Waals surface area contributed by atoms with Crippen LogP contribution in [0, 0.1) is 0 Å². The average molecular weight is 312 g/mol. The molecule has 0 amide bonds. The molecule has 2 aromatic carbocycles. The summed E-state index contributed by atoms with van der Waals surface area (Å²) < 4.78 is 1.33. The van der Waals surface area contributed by atoms with Crippen LogP contribution < -0.4 is 10.9 Å². The summed E-state index contributed by atoms with van der Waals surface area (Å²) >= 11 is 6.12. The summed E-state index contributed by atoms with van der Waals surface area (Å²) in [7, 11) is 0. The number of aromatic nitrogens is 2. The van der Waals surface area contributed by atoms with E-state index in [0.717, 1.165) is 5.56 Å². The predicted molar refractivity (Wildman–Crippen MR) is 88.6 cm³/mol. The molecule has 1 N–H and O–H groups in total. The number of rotatable bonds is 4. The van der Waals surface area contributed by atoms with E-state index in [1.165, 1.54) is 10.9 Å². The minimum Gasteiger partial charge on any atom is -0.375 e. The number of hydrogen-bond acceptors (Lipinski definition) is 3. The molecular weight excluding hydrogens is 298 g/mol. The van der Waals surface area contributed by atoms with E-state index in [2.05, 4.69) is 10.4 Å². The number of hydrogen-bond donors (Lipinski definition) is 1. The monoisotopic (exact) mass is 311 g/mol. The molecule has 0 saturated heterocycles. The van der Waals surface area contributed by atoms with Gasteiger partial charge in [0.15, 0.2) is 0 Å². The molecule has 1 heterocycles. The van der Waals surface area contributed by atoms with Crippen molar-refractivity contribution in [2.75, 3.05) is 5.32 Å². The number of anilines is 1. The van der Waals surface area contributed by atoms with Crippen LogP contribution in [0.4, 0.5) is 5.69 Å². The molecule has 0 aliphatic carbocycles. The Balaban J connectivity index is 1.93. The molecule has 0 unspecified atom stereocenters. The molecule has 110 valence electrons. The van der Waals surface area contributed by atoms with E-state index >= 15 is 0 Å². The lowest BCUT2D eigenvalue weighted by Crippen LogP contribution is -2.24. The SMILES string of the molecule is O=c1c(NCc2ccccc2)c(Cl)cnn1-c1ccccc1. The van der Waals surface area contributed by atoms with E-state index in [0.29, 0.717) is 22.9 Å². The molecule has 4 nitrogen and oxygen atoms in total. The van der Waals surface area contributed by atoms with E-state index in [1.54, 1.807) is 0 Å². The highest BCUT2D eigenvalue weighted by atomic mass is 35.5. The molecular formula is C17H14ClN3O. The molecule has 0 spiro atoms. The lowest BCUT2D eigenvalue weighted by atomic mass is 10.2. The van der Waals surface area contributed by atoms with Crippen molar-refractivity contribution in [3.05, 3.63) is 87.8 Å². The topological polar surface area (TPSA) is 46.9 Å². The van der Waals surface area contributed by atoms with Crippen LogP contribution in [0.1, 0.15) is 5.56 Å². The smallest absolute Gasteiger partial charge is 0.296 e. The quantitative estimate of drug-likeness (QED) is 0.802. The Morgan fingerprint density at radius 3 is 2.32 bits per heavy atom. The molecule has 1 aromatic heterocycles. The number of halogens is 1. The van der Waals surface area contributed by atoms with Crippen molar-refractivity contribution in [3.8, 4) is 5.69 Å². The molecule has 0 aliphatic rings. The zero-order valence-corrected chi connectivity index (χ0v) is 12.5. The summed E-state index contributed by atoms with van der Waals surface area (Å²) in [6.07, 6.45) is 1.48. The van der Waals surface area contributed by atoms with Gasteiger partial charge in [-0.25, -0.2) is 0 Å². The van der Waals surface area contributed by atoms with Crippen molar-refractivity contribution < 1.29 is 0 Å². The third kappa shape index (κ3) is 3.02. The van der Waals surface area contributed by atoms with Crippen molar-refractivity contribution in [1.29, 1.82) is 0 Å². The highest BCUT2D eigenvalue weighted by Gasteiger charge is 2.10. The van der Waals surface area contributed by atoms with E-state index in [1.807, 2.05) is 60.7 Å². The van der Waals surface area contributed by atoms with Gasteiger partial charge in [-0.2, -0.15) is 9.78 Å². The maximum Gasteiger partial charge on any atom is 0.296 e. The van der Waals surface area contributed by atoms with Gasteiger partial charge in [-0.15, -0.1) is 0 Å². The van der Waals surface area contributed by atoms with E-state index in [4.69, 9.17) is 11.6 Å². The fourth-order valence-electron chi connectivity index (χ4n) is 2.13. The standard InChI is InChI=1S/C17H14ClN3O/c18-15-12-20-21(14-9-5-2-6-10-14)17(22)16(15)19-11-13-7-3-1-4-8-13/h1-10,12,19H,11H2. The number of para-hydroxylation sites is 1. The molecule has 0 fully saturated rings. The molecule has 5 heteroatoms. The summed E-state index contributed by atoms with van der Waals surface area (Å²) in [5.41, 5.74) is 1.85. The van der Waals surface area contributed by atoms with Crippen molar-refractivity contribution in [1.82, 2.24) is 9.78 Å². The van der Waals surface area contributed by atoms with Crippen LogP contribution in [0.3, 0.4) is 0 Å². The molecule has 0 saturated carbocycles. The van der Waals surface area contributed by atoms with Gasteiger partial charge >= 0.3 is 0 Å². The second kappa shape index (κ2) is 6.45. The van der Waals surface area contributed by atoms with Gasteiger partial charge in [0.1, 0.15) is 5.69 Å². The Kier molecular flexibility index (Phi) is 4.21. The van der Waals surface area contributed by atoms with Gasteiger partial charge < -0.3 is 5.32 Å². The molecule has 0 atom stereocenters. The van der Waals surface area contributed by atoms with Crippen LogP contribution in [0.15, 0.2) is 71.7 Å². The Morgan fingerprint density at radius 2 is 1.64 bits per heavy atom. The van der Waals surface area contributed by atoms with Gasteiger partial charge in [-0.05, 0) is 17.7 Å². The number of nitrogens with one attached hydrogen (secondary N) is 1. The van der Waals surface area contributed by atoms with Gasteiger partial charge in [0.05, 0.1) is 16.9 Å². The van der Waals surface area contributed by atoms with Gasteiger partial charge in [-0.3, -0.25) is 4.79 Å². The van der Waals surface area contributed by atoms with Gasteiger partial charge in [0.25, 0.3) is 5.56 Å². The van der Waals surface area contributed by atoms with E-state index < -0.39 is 0 Å². The summed E-state index contributed by atoms with van der Waals surface area (Å²) in [5.74, 6) is 0. The number of benzene rings is 2. The fourth-order valence-corrected chi connectivity index (χ4v) is 2.32. The Bertz CT molecular complexity index is 816. The van der Waals surface area contributed by atoms with Crippen molar-refractivity contribution in [3.63, 3.8) is 0 Å². The van der Waals surface area contributed by atoms with E-state index in [-0.39, 0.29) is 5.56 Å². The first-order valence-electron chi connectivity index (χ1n) is 6.87. The molecule has 22 heavy (non-hydrogen) atoms. The van der Waals surface area contributed by atoms with Crippen molar-refractivity contribution in [2.24, 2.45) is 0 Å². The van der Waals surface area contributed by atoms with Crippen LogP contribution in [0.5, 0.6) is 0 Å². The summed E-state index contributed by atoms with van der Waals surface area (Å²) in [4.78, 5) is 12.6. The van der Waals surface area contributed by atoms with Crippen LogP contribution in [-0.4, -0.2) is 9.78 Å². The van der Waals surface area contributed by atoms with Gasteiger partial charge in [0, 0.05) is 6.54 Å². The lowest BCUT2D eigenvalue weighted by Gasteiger charge is -2.10. The van der Waals surface area contributed by atoms with Crippen LogP contribution in [0.2, 0.25) is 5.02 Å². The largest absolute Gasteiger partial charge is 0.375 e. The second-order valence-corrected chi connectivity index (χ2v) is 5.17. The third-order valence-corrected chi connectivity index (χ3v) is 3.53. The van der Waals surface area contributed by atoms with Gasteiger partial charge in [-0.1, -0.05) is 60.1 Å². The minimum atomic E-state index is -0.269. The highest BCUT2D eigenvalue weighted by Crippen LogP contribution is 2.17. The maximum atomic E-state index is 12.6. The number of nitrogens with zero attached hydrogens (tertiary/aromatic N) is 2. The lowest BCUT2D eigenvalue weighted by molar-refractivity contribution is 0.807. The minimum absolute atomic E-state index is 0.269. The first-order chi connectivity index (χ1) is 10.8. The van der Waals surface area contributed by atoms with Crippen LogP contribution in [0.25, 0.3) is 5.69 Å². The maximum absolute atomic E-state index is 12.6. The Labute approximate surface area is 133 Å². The molecule has 3 rings (SSSR count). The first kappa shape index (κ1) is 14.4. The molecule has 3 aromatic rings. The first-order valence-corrected chi connectivity index (χ1v) is 7.24. The highest BCUT2D eigenvalue weighted by molar-refractivity contribution is 6.33. The van der Waals surface area contributed by atoms with Gasteiger partial charge in [0.2, 0.25) is 0 Å². The third-order valence-electron chi connectivity index (χ3n) is 3.24. The zero-order chi connectivity index (χ0) is 15.4. The second-order valence-electron chi connectivity index (χ2n) is 4.76. The Hall–Kier alpha value is -2.59. The van der Waals surface area contributed by atoms with Crippen LogP contribution in [-0.2, 0) is 6.54 Å². The van der Waals surface area contributed by atoms with Crippen molar-refractivity contribution in [2.45, 2.75) is 6.54 Å². The molecule has 0 bridgehead atoms.